The molecular formula is C10H18N2O4S. The summed E-state index contributed by atoms with van der Waals surface area (Å²) >= 11 is 0. The van der Waals surface area contributed by atoms with E-state index >= 15 is 0 Å². The van der Waals surface area contributed by atoms with Gasteiger partial charge >= 0.3 is 0 Å². The molecule has 2 atom stereocenters. The molecular weight excluding hydrogens is 244 g/mol. The average Bonchev–Trinajstić information content (AvgIpc) is 2.65. The van der Waals surface area contributed by atoms with Crippen LogP contribution in [0.4, 0.5) is 0 Å². The Morgan fingerprint density at radius 1 is 1.47 bits per heavy atom. The molecule has 3 N–H and O–H groups in total. The number of hydrogen-bond acceptors (Lipinski definition) is 5. The van der Waals surface area contributed by atoms with E-state index in [2.05, 4.69) is 5.32 Å². The van der Waals surface area contributed by atoms with E-state index in [4.69, 9.17) is 10.5 Å². The second-order valence-electron chi connectivity index (χ2n) is 4.89. The normalized spacial score (nSPS) is 36.6. The van der Waals surface area contributed by atoms with Gasteiger partial charge in [-0.1, -0.05) is 0 Å². The first-order valence-electron chi connectivity index (χ1n) is 5.79. The van der Waals surface area contributed by atoms with Gasteiger partial charge in [-0.15, -0.1) is 0 Å². The smallest absolute Gasteiger partial charge is 0.242 e. The van der Waals surface area contributed by atoms with Crippen LogP contribution in [0.5, 0.6) is 0 Å². The summed E-state index contributed by atoms with van der Waals surface area (Å²) < 4.78 is 28.0. The van der Waals surface area contributed by atoms with Crippen molar-refractivity contribution >= 4 is 15.7 Å². The molecule has 6 nitrogen and oxygen atoms in total. The van der Waals surface area contributed by atoms with Crippen LogP contribution in [-0.2, 0) is 19.4 Å². The first-order chi connectivity index (χ1) is 7.91. The van der Waals surface area contributed by atoms with Gasteiger partial charge in [-0.25, -0.2) is 8.42 Å². The first-order valence-corrected chi connectivity index (χ1v) is 7.61. The van der Waals surface area contributed by atoms with Crippen LogP contribution < -0.4 is 11.1 Å². The summed E-state index contributed by atoms with van der Waals surface area (Å²) in [7, 11) is -3.01. The summed E-state index contributed by atoms with van der Waals surface area (Å²) in [5.41, 5.74) is 4.92. The van der Waals surface area contributed by atoms with Crippen LogP contribution >= 0.6 is 0 Å². The van der Waals surface area contributed by atoms with E-state index in [1.807, 2.05) is 0 Å². The molecule has 0 aromatic carbocycles. The third-order valence-electron chi connectivity index (χ3n) is 3.30. The molecule has 0 aromatic heterocycles. The number of nitrogens with one attached hydrogen (secondary N) is 1. The maximum Gasteiger partial charge on any atom is 0.242 e. The molecule has 0 saturated carbocycles. The van der Waals surface area contributed by atoms with Crippen molar-refractivity contribution < 1.29 is 17.9 Å². The van der Waals surface area contributed by atoms with Gasteiger partial charge in [-0.05, 0) is 19.3 Å². The number of hydrogen-bond donors (Lipinski definition) is 2. The molecule has 2 rings (SSSR count). The van der Waals surface area contributed by atoms with Crippen LogP contribution in [0.1, 0.15) is 19.3 Å². The maximum absolute atomic E-state index is 11.9. The van der Waals surface area contributed by atoms with Gasteiger partial charge in [0.1, 0.15) is 5.54 Å². The van der Waals surface area contributed by atoms with E-state index in [0.717, 1.165) is 0 Å². The second-order valence-corrected chi connectivity index (χ2v) is 7.11. The lowest BCUT2D eigenvalue weighted by Crippen LogP contribution is -2.58. The Kier molecular flexibility index (Phi) is 3.42. The van der Waals surface area contributed by atoms with E-state index in [9.17, 15) is 13.2 Å². The second kappa shape index (κ2) is 4.55. The van der Waals surface area contributed by atoms with Gasteiger partial charge in [0, 0.05) is 12.6 Å². The van der Waals surface area contributed by atoms with Crippen LogP contribution in [0.2, 0.25) is 0 Å². The molecule has 1 amide bonds. The molecule has 2 heterocycles. The molecule has 2 unspecified atom stereocenters. The van der Waals surface area contributed by atoms with E-state index in [1.54, 1.807) is 0 Å². The number of sulfone groups is 1. The Balaban J connectivity index is 1.94. The largest absolute Gasteiger partial charge is 0.379 e. The summed E-state index contributed by atoms with van der Waals surface area (Å²) in [6.45, 7) is 0.686. The highest BCUT2D eigenvalue weighted by Crippen LogP contribution is 2.18. The van der Waals surface area contributed by atoms with Gasteiger partial charge in [0.2, 0.25) is 5.91 Å². The molecule has 2 saturated heterocycles. The fourth-order valence-corrected chi connectivity index (χ4v) is 3.86. The van der Waals surface area contributed by atoms with Crippen LogP contribution in [-0.4, -0.2) is 50.6 Å². The predicted molar refractivity (Wildman–Crippen MR) is 62.2 cm³/mol. The highest BCUT2D eigenvalue weighted by Gasteiger charge is 2.39. The van der Waals surface area contributed by atoms with Crippen molar-refractivity contribution in [1.82, 2.24) is 5.32 Å². The number of ether oxygens (including phenoxy) is 1. The first kappa shape index (κ1) is 12.8. The van der Waals surface area contributed by atoms with E-state index in [-0.39, 0.29) is 30.1 Å². The molecule has 0 spiro atoms. The lowest BCUT2D eigenvalue weighted by molar-refractivity contribution is -0.127. The van der Waals surface area contributed by atoms with E-state index < -0.39 is 15.4 Å². The molecule has 2 aliphatic heterocycles. The SMILES string of the molecule is NC1(C(=O)NC2CCCS(=O)(=O)C2)CCOC1. The van der Waals surface area contributed by atoms with Gasteiger partial charge in [0.05, 0.1) is 18.1 Å². The summed E-state index contributed by atoms with van der Waals surface area (Å²) in [5, 5.41) is 2.73. The zero-order valence-corrected chi connectivity index (χ0v) is 10.5. The van der Waals surface area contributed by atoms with Crippen LogP contribution in [0.3, 0.4) is 0 Å². The van der Waals surface area contributed by atoms with Crippen molar-refractivity contribution in [3.05, 3.63) is 0 Å². The number of rotatable bonds is 2. The average molecular weight is 262 g/mol. The van der Waals surface area contributed by atoms with Crippen molar-refractivity contribution in [2.75, 3.05) is 24.7 Å². The summed E-state index contributed by atoms with van der Waals surface area (Å²) in [6, 6.07) is -0.303. The third-order valence-corrected chi connectivity index (χ3v) is 5.12. The van der Waals surface area contributed by atoms with Crippen LogP contribution in [0.15, 0.2) is 0 Å². The highest BCUT2D eigenvalue weighted by molar-refractivity contribution is 7.91. The number of nitrogens with two attached hydrogens (primary N) is 1. The maximum atomic E-state index is 11.9. The fourth-order valence-electron chi connectivity index (χ4n) is 2.23. The molecule has 2 fully saturated rings. The number of amides is 1. The molecule has 98 valence electrons. The third kappa shape index (κ3) is 2.97. The Morgan fingerprint density at radius 2 is 2.24 bits per heavy atom. The fraction of sp³-hybridized carbons (Fsp3) is 0.900. The molecule has 2 aliphatic rings. The van der Waals surface area contributed by atoms with Crippen molar-refractivity contribution in [1.29, 1.82) is 0 Å². The minimum Gasteiger partial charge on any atom is -0.379 e. The molecule has 0 radical (unpaired) electrons. The molecule has 17 heavy (non-hydrogen) atoms. The van der Waals surface area contributed by atoms with Gasteiger partial charge in [0.25, 0.3) is 0 Å². The topological polar surface area (TPSA) is 98.5 Å². The monoisotopic (exact) mass is 262 g/mol. The van der Waals surface area contributed by atoms with Gasteiger partial charge in [-0.3, -0.25) is 4.79 Å². The number of carbonyl (C=O) groups is 1. The van der Waals surface area contributed by atoms with Gasteiger partial charge in [-0.2, -0.15) is 0 Å². The molecule has 0 aliphatic carbocycles. The summed E-state index contributed by atoms with van der Waals surface area (Å²) in [5.74, 6) is -0.0524. The van der Waals surface area contributed by atoms with Crippen LogP contribution in [0, 0.1) is 0 Å². The Bertz CT molecular complexity index is 401. The summed E-state index contributed by atoms with van der Waals surface area (Å²) in [6.07, 6.45) is 1.78. The van der Waals surface area contributed by atoms with Crippen molar-refractivity contribution in [3.8, 4) is 0 Å². The van der Waals surface area contributed by atoms with E-state index in [1.165, 1.54) is 0 Å². The zero-order chi connectivity index (χ0) is 12.5. The predicted octanol–water partition coefficient (Wildman–Crippen LogP) is -1.20. The van der Waals surface area contributed by atoms with Gasteiger partial charge in [0.15, 0.2) is 9.84 Å². The highest BCUT2D eigenvalue weighted by atomic mass is 32.2. The lowest BCUT2D eigenvalue weighted by atomic mass is 9.98. The summed E-state index contributed by atoms with van der Waals surface area (Å²) in [4.78, 5) is 11.9. The lowest BCUT2D eigenvalue weighted by Gasteiger charge is -2.27. The molecule has 0 aromatic rings. The minimum atomic E-state index is -3.01. The minimum absolute atomic E-state index is 0.0235. The standard InChI is InChI=1S/C10H18N2O4S/c11-10(3-4-16-7-10)9(13)12-8-2-1-5-17(14,15)6-8/h8H,1-7,11H2,(H,12,13). The van der Waals surface area contributed by atoms with E-state index in [0.29, 0.717) is 25.9 Å². The zero-order valence-electron chi connectivity index (χ0n) is 9.65. The Hall–Kier alpha value is -0.660. The Morgan fingerprint density at radius 3 is 2.82 bits per heavy atom. The van der Waals surface area contributed by atoms with Crippen LogP contribution in [0.25, 0.3) is 0 Å². The van der Waals surface area contributed by atoms with Crippen molar-refractivity contribution in [2.45, 2.75) is 30.8 Å². The van der Waals surface area contributed by atoms with Crippen molar-refractivity contribution in [2.24, 2.45) is 5.73 Å². The molecule has 0 bridgehead atoms. The van der Waals surface area contributed by atoms with Gasteiger partial charge < -0.3 is 15.8 Å². The number of carbonyl (C=O) groups excluding carboxylic acids is 1. The quantitative estimate of drug-likeness (QED) is 0.651. The van der Waals surface area contributed by atoms with Crippen molar-refractivity contribution in [3.63, 3.8) is 0 Å². The molecule has 7 heteroatoms. The Labute approximate surface area is 101 Å².